The molecule has 0 amide bonds. The van der Waals surface area contributed by atoms with Crippen molar-refractivity contribution < 1.29 is 0 Å². The van der Waals surface area contributed by atoms with Crippen molar-refractivity contribution in [3.8, 4) is 0 Å². The standard InChI is InChI=1S/C10H11Cl7/c1-7(4-11)5-2-10(16,17)8(7,6(12)13)3-9(5,14)15/h5-6H,2-4H2,1H3/t5-,7+,8+/m0/s1. The Bertz CT molecular complexity index is 340. The molecule has 2 bridgehead atoms. The van der Waals surface area contributed by atoms with Gasteiger partial charge in [-0.25, -0.2) is 0 Å². The highest BCUT2D eigenvalue weighted by Crippen LogP contribution is 2.80. The first-order valence-corrected chi connectivity index (χ1v) is 8.07. The van der Waals surface area contributed by atoms with Gasteiger partial charge in [0.1, 0.15) is 13.5 Å². The molecule has 3 atom stereocenters. The second-order valence-corrected chi connectivity index (χ2v) is 9.61. The highest BCUT2D eigenvalue weighted by molar-refractivity contribution is 6.54. The van der Waals surface area contributed by atoms with Crippen LogP contribution in [-0.4, -0.2) is 19.4 Å². The summed E-state index contributed by atoms with van der Waals surface area (Å²) < 4.78 is -1.98. The van der Waals surface area contributed by atoms with Gasteiger partial charge < -0.3 is 0 Å². The maximum Gasteiger partial charge on any atom is 0.127 e. The summed E-state index contributed by atoms with van der Waals surface area (Å²) in [4.78, 5) is -0.773. The van der Waals surface area contributed by atoms with E-state index >= 15 is 0 Å². The Morgan fingerprint density at radius 2 is 1.71 bits per heavy atom. The summed E-state index contributed by atoms with van der Waals surface area (Å²) in [6.45, 7) is 1.96. The van der Waals surface area contributed by atoms with Crippen LogP contribution in [0.3, 0.4) is 0 Å². The van der Waals surface area contributed by atoms with Gasteiger partial charge in [0, 0.05) is 17.2 Å². The molecule has 0 aliphatic heterocycles. The summed E-state index contributed by atoms with van der Waals surface area (Å²) in [5.74, 6) is 0.196. The summed E-state index contributed by atoms with van der Waals surface area (Å²) in [6.07, 6.45) is 0.796. The molecule has 2 aliphatic rings. The van der Waals surface area contributed by atoms with Crippen LogP contribution < -0.4 is 0 Å². The lowest BCUT2D eigenvalue weighted by Crippen LogP contribution is -2.49. The van der Waals surface area contributed by atoms with Gasteiger partial charge in [0.05, 0.1) is 0 Å². The van der Waals surface area contributed by atoms with Crippen LogP contribution in [0.1, 0.15) is 19.8 Å². The van der Waals surface area contributed by atoms with E-state index in [-0.39, 0.29) is 5.92 Å². The average Bonchev–Trinajstić information content (AvgIpc) is 2.47. The molecular weight excluding hydrogens is 368 g/mol. The van der Waals surface area contributed by atoms with E-state index < -0.39 is 24.3 Å². The van der Waals surface area contributed by atoms with Crippen LogP contribution in [-0.2, 0) is 0 Å². The van der Waals surface area contributed by atoms with Gasteiger partial charge >= 0.3 is 0 Å². The largest absolute Gasteiger partial charge is 0.127 e. The second kappa shape index (κ2) is 4.26. The predicted molar refractivity (Wildman–Crippen MR) is 78.4 cm³/mol. The highest BCUT2D eigenvalue weighted by atomic mass is 35.5. The normalized spacial score (nSPS) is 46.8. The molecule has 100 valence electrons. The molecule has 2 aliphatic carbocycles. The van der Waals surface area contributed by atoms with Crippen molar-refractivity contribution in [2.45, 2.75) is 33.3 Å². The zero-order chi connectivity index (χ0) is 13.3. The lowest BCUT2D eigenvalue weighted by atomic mass is 9.70. The molecule has 0 heterocycles. The number of rotatable bonds is 2. The van der Waals surface area contributed by atoms with Gasteiger partial charge in [-0.1, -0.05) is 6.92 Å². The average molecular weight is 379 g/mol. The smallest absolute Gasteiger partial charge is 0.126 e. The lowest BCUT2D eigenvalue weighted by Gasteiger charge is -2.46. The molecule has 17 heavy (non-hydrogen) atoms. The monoisotopic (exact) mass is 376 g/mol. The predicted octanol–water partition coefficient (Wildman–Crippen LogP) is 5.79. The van der Waals surface area contributed by atoms with Crippen LogP contribution in [0, 0.1) is 16.7 Å². The molecule has 2 fully saturated rings. The van der Waals surface area contributed by atoms with E-state index in [0.29, 0.717) is 18.7 Å². The van der Waals surface area contributed by atoms with E-state index in [2.05, 4.69) is 0 Å². The minimum Gasteiger partial charge on any atom is -0.126 e. The van der Waals surface area contributed by atoms with E-state index in [4.69, 9.17) is 81.2 Å². The summed E-state index contributed by atoms with van der Waals surface area (Å²) in [7, 11) is 0. The number of alkyl halides is 7. The van der Waals surface area contributed by atoms with Crippen LogP contribution >= 0.6 is 81.2 Å². The van der Waals surface area contributed by atoms with Gasteiger partial charge in [-0.3, -0.25) is 0 Å². The lowest BCUT2D eigenvalue weighted by molar-refractivity contribution is 0.141. The Hall–Kier alpha value is 2.03. The molecule has 0 unspecified atom stereocenters. The Labute approximate surface area is 136 Å². The summed E-state index contributed by atoms with van der Waals surface area (Å²) in [6, 6.07) is 0. The first-order chi connectivity index (χ1) is 7.55. The van der Waals surface area contributed by atoms with Crippen LogP contribution in [0.5, 0.6) is 0 Å². The molecule has 2 rings (SSSR count). The maximum absolute atomic E-state index is 6.43. The van der Waals surface area contributed by atoms with E-state index in [9.17, 15) is 0 Å². The zero-order valence-corrected chi connectivity index (χ0v) is 14.2. The van der Waals surface area contributed by atoms with Crippen molar-refractivity contribution in [3.05, 3.63) is 0 Å². The molecule has 0 radical (unpaired) electrons. The molecule has 0 nitrogen and oxygen atoms in total. The maximum atomic E-state index is 6.43. The first-order valence-electron chi connectivity index (χ1n) is 5.15. The summed E-state index contributed by atoms with van der Waals surface area (Å²) in [5, 5.41) is 0. The molecular formula is C10H11Cl7. The number of fused-ring (bicyclic) bond motifs is 2. The molecule has 7 heteroatoms. The van der Waals surface area contributed by atoms with Crippen LogP contribution in [0.2, 0.25) is 0 Å². The molecule has 0 aromatic carbocycles. The molecule has 0 N–H and O–H groups in total. The van der Waals surface area contributed by atoms with Crippen molar-refractivity contribution in [1.29, 1.82) is 0 Å². The fourth-order valence-corrected chi connectivity index (χ4v) is 7.36. The molecule has 0 aromatic rings. The molecule has 2 saturated carbocycles. The number of hydrogen-bond donors (Lipinski definition) is 0. The Kier molecular flexibility index (Phi) is 3.87. The Morgan fingerprint density at radius 3 is 2.06 bits per heavy atom. The fraction of sp³-hybridized carbons (Fsp3) is 1.00. The topological polar surface area (TPSA) is 0 Å². The van der Waals surface area contributed by atoms with E-state index in [1.54, 1.807) is 0 Å². The third kappa shape index (κ3) is 1.71. The number of hydrogen-bond acceptors (Lipinski definition) is 0. The third-order valence-corrected chi connectivity index (χ3v) is 7.65. The van der Waals surface area contributed by atoms with Crippen LogP contribution in [0.25, 0.3) is 0 Å². The van der Waals surface area contributed by atoms with Gasteiger partial charge in [-0.2, -0.15) is 0 Å². The van der Waals surface area contributed by atoms with E-state index in [1.807, 2.05) is 6.92 Å². The Balaban J connectivity index is 2.63. The fourth-order valence-electron chi connectivity index (χ4n) is 3.53. The minimum absolute atomic E-state index is 0.120. The SMILES string of the molecule is C[C@@]1(CCl)[C@@H]2CC(Cl)(Cl)[C@@]1(C(Cl)Cl)CC2(Cl)Cl. The number of halogens is 7. The van der Waals surface area contributed by atoms with Gasteiger partial charge in [0.2, 0.25) is 0 Å². The Morgan fingerprint density at radius 1 is 1.18 bits per heavy atom. The molecule has 0 spiro atoms. The van der Waals surface area contributed by atoms with Crippen LogP contribution in [0.4, 0.5) is 0 Å². The highest BCUT2D eigenvalue weighted by Gasteiger charge is 2.80. The summed E-state index contributed by atoms with van der Waals surface area (Å²) >= 11 is 44.0. The van der Waals surface area contributed by atoms with E-state index in [1.165, 1.54) is 0 Å². The van der Waals surface area contributed by atoms with Gasteiger partial charge in [-0.15, -0.1) is 81.2 Å². The second-order valence-electron chi connectivity index (χ2n) is 5.22. The van der Waals surface area contributed by atoms with Crippen molar-refractivity contribution >= 4 is 81.2 Å². The molecule has 0 aromatic heterocycles. The van der Waals surface area contributed by atoms with Crippen LogP contribution in [0.15, 0.2) is 0 Å². The van der Waals surface area contributed by atoms with Crippen molar-refractivity contribution in [2.24, 2.45) is 16.7 Å². The van der Waals surface area contributed by atoms with Gasteiger partial charge in [0.15, 0.2) is 0 Å². The quantitative estimate of drug-likeness (QED) is 0.533. The van der Waals surface area contributed by atoms with Crippen molar-refractivity contribution in [3.63, 3.8) is 0 Å². The van der Waals surface area contributed by atoms with Gasteiger partial charge in [-0.05, 0) is 18.3 Å². The zero-order valence-electron chi connectivity index (χ0n) is 8.92. The summed E-state index contributed by atoms with van der Waals surface area (Å²) in [5.41, 5.74) is -1.27. The molecule has 0 saturated heterocycles. The third-order valence-electron chi connectivity index (χ3n) is 4.58. The van der Waals surface area contributed by atoms with Crippen molar-refractivity contribution in [2.75, 3.05) is 5.88 Å². The van der Waals surface area contributed by atoms with Gasteiger partial charge in [0.25, 0.3) is 0 Å². The first kappa shape index (κ1) is 15.4. The van der Waals surface area contributed by atoms with Crippen molar-refractivity contribution in [1.82, 2.24) is 0 Å². The van der Waals surface area contributed by atoms with E-state index in [0.717, 1.165) is 0 Å². The minimum atomic E-state index is -1.05.